The lowest BCUT2D eigenvalue weighted by atomic mass is 9.99. The van der Waals surface area contributed by atoms with E-state index in [9.17, 15) is 20.4 Å². The molecule has 12 heteroatoms. The molecule has 1 amide bonds. The summed E-state index contributed by atoms with van der Waals surface area (Å²) >= 11 is 6.85. The highest BCUT2D eigenvalue weighted by atomic mass is 35.5. The summed E-state index contributed by atoms with van der Waals surface area (Å²) in [5.74, 6) is -1.03. The van der Waals surface area contributed by atoms with Gasteiger partial charge in [-0.3, -0.25) is 15.2 Å². The number of carbonyl (C=O) groups is 1. The van der Waals surface area contributed by atoms with Crippen molar-refractivity contribution in [2.75, 3.05) is 25.0 Å². The van der Waals surface area contributed by atoms with Crippen LogP contribution in [0.3, 0.4) is 0 Å². The maximum atomic E-state index is 15.1. The molecule has 0 bridgehead atoms. The third kappa shape index (κ3) is 5.14. The Morgan fingerprint density at radius 2 is 2.10 bits per heavy atom. The standard InChI is InChI=1S/C30H32ClFN6O4/c1-5-21(41)37-13-16(3)38-18(14-37)10-12-42-28-23(29(38)33)30(35-25-15(2)9-11-34-26(25)17(4)39)36-27(24(28)31)22-19(32)7-6-8-20(22)40/h5-9,11,16-18,33,39-40H,1,10,12-14H2,2-4H3,(H,35,36). The first-order chi connectivity index (χ1) is 20.0. The molecule has 10 nitrogen and oxygen atoms in total. The third-order valence-electron chi connectivity index (χ3n) is 7.61. The lowest BCUT2D eigenvalue weighted by Gasteiger charge is -2.48. The van der Waals surface area contributed by atoms with E-state index in [2.05, 4.69) is 21.9 Å². The molecule has 0 saturated carbocycles. The Bertz CT molecular complexity index is 1560. The second kappa shape index (κ2) is 11.6. The van der Waals surface area contributed by atoms with Gasteiger partial charge in [0.1, 0.15) is 39.5 Å². The summed E-state index contributed by atoms with van der Waals surface area (Å²) in [7, 11) is 0. The van der Waals surface area contributed by atoms with Gasteiger partial charge in [0, 0.05) is 31.7 Å². The minimum Gasteiger partial charge on any atom is -0.507 e. The number of nitrogens with zero attached hydrogens (tertiary/aromatic N) is 4. The van der Waals surface area contributed by atoms with Crippen LogP contribution in [0.15, 0.2) is 43.1 Å². The van der Waals surface area contributed by atoms with E-state index in [1.807, 2.05) is 18.7 Å². The Morgan fingerprint density at radius 1 is 1.33 bits per heavy atom. The SMILES string of the molecule is C=CC(=O)N1CC(C)N2C(=N)c3c(Nc4c(C)ccnc4C(C)O)nc(-c4c(O)cccc4F)c(Cl)c3OCCC2C1. The van der Waals surface area contributed by atoms with Crippen molar-refractivity contribution in [1.82, 2.24) is 19.8 Å². The molecule has 220 valence electrons. The first-order valence-electron chi connectivity index (χ1n) is 13.6. The molecule has 1 saturated heterocycles. The van der Waals surface area contributed by atoms with Crippen LogP contribution in [0.5, 0.6) is 11.5 Å². The van der Waals surface area contributed by atoms with Crippen LogP contribution < -0.4 is 10.1 Å². The van der Waals surface area contributed by atoms with Crippen LogP contribution in [0.1, 0.15) is 43.2 Å². The van der Waals surface area contributed by atoms with Gasteiger partial charge in [-0.15, -0.1) is 0 Å². The van der Waals surface area contributed by atoms with Crippen molar-refractivity contribution >= 4 is 34.8 Å². The number of benzene rings is 1. The Hall–Kier alpha value is -4.22. The number of aromatic nitrogens is 2. The molecular weight excluding hydrogens is 563 g/mol. The quantitative estimate of drug-likeness (QED) is 0.305. The summed E-state index contributed by atoms with van der Waals surface area (Å²) in [6, 6.07) is 5.15. The molecule has 0 spiro atoms. The molecule has 2 aliphatic heterocycles. The van der Waals surface area contributed by atoms with Gasteiger partial charge >= 0.3 is 0 Å². The molecule has 2 aliphatic rings. The van der Waals surface area contributed by atoms with Crippen molar-refractivity contribution in [2.24, 2.45) is 0 Å². The Morgan fingerprint density at radius 3 is 2.79 bits per heavy atom. The van der Waals surface area contributed by atoms with Crippen molar-refractivity contribution in [1.29, 1.82) is 5.41 Å². The number of anilines is 2. The van der Waals surface area contributed by atoms with Crippen LogP contribution in [-0.4, -0.2) is 73.5 Å². The number of aromatic hydroxyl groups is 1. The molecule has 4 heterocycles. The van der Waals surface area contributed by atoms with Gasteiger partial charge in [0.05, 0.1) is 35.7 Å². The van der Waals surface area contributed by atoms with E-state index in [-0.39, 0.29) is 69.6 Å². The van der Waals surface area contributed by atoms with Gasteiger partial charge in [0.15, 0.2) is 5.75 Å². The third-order valence-corrected chi connectivity index (χ3v) is 7.96. The molecule has 0 radical (unpaired) electrons. The predicted molar refractivity (Wildman–Crippen MR) is 158 cm³/mol. The second-order valence-corrected chi connectivity index (χ2v) is 10.9. The minimum atomic E-state index is -0.938. The highest BCUT2D eigenvalue weighted by Crippen LogP contribution is 2.46. The number of ether oxygens (including phenoxy) is 1. The highest BCUT2D eigenvalue weighted by molar-refractivity contribution is 6.35. The van der Waals surface area contributed by atoms with Crippen molar-refractivity contribution < 1.29 is 24.1 Å². The van der Waals surface area contributed by atoms with Crippen molar-refractivity contribution in [3.05, 3.63) is 70.8 Å². The number of aliphatic hydroxyl groups is 1. The van der Waals surface area contributed by atoms with E-state index in [1.165, 1.54) is 24.3 Å². The number of nitrogens with one attached hydrogen (secondary N) is 2. The number of amides is 1. The van der Waals surface area contributed by atoms with E-state index in [0.717, 1.165) is 5.56 Å². The van der Waals surface area contributed by atoms with Crippen LogP contribution in [-0.2, 0) is 4.79 Å². The fraction of sp³-hybridized carbons (Fsp3) is 0.333. The molecule has 2 aromatic heterocycles. The zero-order chi connectivity index (χ0) is 30.3. The molecule has 1 aromatic carbocycles. The van der Waals surface area contributed by atoms with Crippen LogP contribution in [0.25, 0.3) is 11.3 Å². The summed E-state index contributed by atoms with van der Waals surface area (Å²) in [5, 5.41) is 33.7. The number of hydrogen-bond acceptors (Lipinski definition) is 8. The molecule has 42 heavy (non-hydrogen) atoms. The van der Waals surface area contributed by atoms with Crippen molar-refractivity contribution in [2.45, 2.75) is 45.4 Å². The number of phenolic OH excluding ortho intramolecular Hbond substituents is 1. The lowest BCUT2D eigenvalue weighted by molar-refractivity contribution is -0.129. The number of aliphatic hydroxyl groups excluding tert-OH is 1. The number of aryl methyl sites for hydroxylation is 1. The van der Waals surface area contributed by atoms with E-state index in [0.29, 0.717) is 30.9 Å². The van der Waals surface area contributed by atoms with E-state index in [1.54, 1.807) is 24.1 Å². The van der Waals surface area contributed by atoms with Crippen LogP contribution in [0.2, 0.25) is 5.02 Å². The van der Waals surface area contributed by atoms with Crippen molar-refractivity contribution in [3.8, 4) is 22.8 Å². The van der Waals surface area contributed by atoms with Gasteiger partial charge in [-0.05, 0) is 50.6 Å². The fourth-order valence-corrected chi connectivity index (χ4v) is 5.92. The summed E-state index contributed by atoms with van der Waals surface area (Å²) in [4.78, 5) is 25.1. The molecule has 1 fully saturated rings. The van der Waals surface area contributed by atoms with Crippen LogP contribution in [0, 0.1) is 18.2 Å². The number of rotatable bonds is 5. The second-order valence-electron chi connectivity index (χ2n) is 10.5. The number of fused-ring (bicyclic) bond motifs is 2. The molecule has 3 aromatic rings. The average Bonchev–Trinajstić information content (AvgIpc) is 2.93. The Kier molecular flexibility index (Phi) is 8.07. The average molecular weight is 595 g/mol. The van der Waals surface area contributed by atoms with Gasteiger partial charge in [-0.25, -0.2) is 9.37 Å². The molecular formula is C30H32ClFN6O4. The van der Waals surface area contributed by atoms with Gasteiger partial charge < -0.3 is 30.1 Å². The van der Waals surface area contributed by atoms with Crippen LogP contribution >= 0.6 is 11.6 Å². The maximum Gasteiger partial charge on any atom is 0.246 e. The zero-order valence-electron chi connectivity index (χ0n) is 23.5. The number of pyridine rings is 2. The van der Waals surface area contributed by atoms with Crippen LogP contribution in [0.4, 0.5) is 15.9 Å². The van der Waals surface area contributed by atoms with Gasteiger partial charge in [0.25, 0.3) is 0 Å². The number of hydrogen-bond donors (Lipinski definition) is 4. The molecule has 0 aliphatic carbocycles. The molecule has 5 rings (SSSR count). The van der Waals surface area contributed by atoms with E-state index < -0.39 is 11.9 Å². The number of amidine groups is 1. The maximum absolute atomic E-state index is 15.1. The lowest BCUT2D eigenvalue weighted by Crippen LogP contribution is -2.61. The summed E-state index contributed by atoms with van der Waals surface area (Å²) in [6.07, 6.45) is 2.39. The Labute approximate surface area is 247 Å². The summed E-state index contributed by atoms with van der Waals surface area (Å²) in [5.41, 5.74) is 1.47. The summed E-state index contributed by atoms with van der Waals surface area (Å²) < 4.78 is 21.3. The predicted octanol–water partition coefficient (Wildman–Crippen LogP) is 4.94. The van der Waals surface area contributed by atoms with Gasteiger partial charge in [-0.1, -0.05) is 24.2 Å². The number of piperazine rings is 1. The topological polar surface area (TPSA) is 135 Å². The monoisotopic (exact) mass is 594 g/mol. The molecule has 3 unspecified atom stereocenters. The first kappa shape index (κ1) is 29.3. The Balaban J connectivity index is 1.73. The van der Waals surface area contributed by atoms with Gasteiger partial charge in [0.2, 0.25) is 5.91 Å². The highest BCUT2D eigenvalue weighted by Gasteiger charge is 2.40. The number of carbonyl (C=O) groups excluding carboxylic acids is 1. The minimum absolute atomic E-state index is 0.0502. The largest absolute Gasteiger partial charge is 0.507 e. The molecule has 4 N–H and O–H groups in total. The summed E-state index contributed by atoms with van der Waals surface area (Å²) in [6.45, 7) is 9.87. The normalized spacial score (nSPS) is 19.1. The van der Waals surface area contributed by atoms with Crippen molar-refractivity contribution in [3.63, 3.8) is 0 Å². The zero-order valence-corrected chi connectivity index (χ0v) is 24.2. The smallest absolute Gasteiger partial charge is 0.246 e. The fourth-order valence-electron chi connectivity index (χ4n) is 5.63. The van der Waals surface area contributed by atoms with E-state index in [4.69, 9.17) is 16.3 Å². The number of phenols is 1. The van der Waals surface area contributed by atoms with Gasteiger partial charge in [-0.2, -0.15) is 0 Å². The van der Waals surface area contributed by atoms with E-state index >= 15 is 4.39 Å². The molecule has 3 atom stereocenters. The number of halogens is 2. The first-order valence-corrected chi connectivity index (χ1v) is 13.9.